The Labute approximate surface area is 309 Å². The second-order valence-electron chi connectivity index (χ2n) is 13.6. The van der Waals surface area contributed by atoms with Gasteiger partial charge >= 0.3 is 0 Å². The van der Waals surface area contributed by atoms with Crippen LogP contribution in [0.1, 0.15) is 35.4 Å². The van der Waals surface area contributed by atoms with E-state index in [9.17, 15) is 19.5 Å². The van der Waals surface area contributed by atoms with Crippen LogP contribution in [0.2, 0.25) is 15.1 Å². The quantitative estimate of drug-likeness (QED) is 0.164. The van der Waals surface area contributed by atoms with Gasteiger partial charge in [0.05, 0.1) is 46.7 Å². The number of phenolic OH excluding ortho intramolecular Hbond substituents is 1. The molecule has 258 valence electrons. The van der Waals surface area contributed by atoms with Crippen LogP contribution in [0.4, 0.5) is 11.4 Å². The lowest BCUT2D eigenvalue weighted by atomic mass is 9.49. The molecule has 4 aromatic rings. The highest BCUT2D eigenvalue weighted by atomic mass is 35.5. The van der Waals surface area contributed by atoms with Crippen molar-refractivity contribution in [3.8, 4) is 11.5 Å². The summed E-state index contributed by atoms with van der Waals surface area (Å²) in [7, 11) is 1.40. The minimum atomic E-state index is -1.50. The fraction of sp³-hybridized carbons (Fsp3) is 0.250. The molecule has 0 spiro atoms. The molecule has 0 radical (unpaired) electrons. The Morgan fingerprint density at radius 2 is 1.53 bits per heavy atom. The lowest BCUT2D eigenvalue weighted by molar-refractivity contribution is -0.127. The third kappa shape index (κ3) is 4.80. The monoisotopic (exact) mass is 740 g/mol. The van der Waals surface area contributed by atoms with Gasteiger partial charge in [-0.05, 0) is 84.8 Å². The van der Waals surface area contributed by atoms with E-state index < -0.39 is 46.8 Å². The standard InChI is InChI=1S/C40H31Cl3N2O6/c1-20-11-12-25(18-30(20)42)44-36(47)27-14-13-26-28(33(27)38(44)49)19-29-37(48)45(24-10-6-9-23(41)17-24)39(50)40(29,22-7-4-3-5-8-22)34(26)21-15-31(43)35(46)32(16-21)51-2/h3-13,15-18,27-29,33-34,46H,14,19H2,1-2H3/t27-,28+,29-,33-,34-,40+/m0/s1. The van der Waals surface area contributed by atoms with Crippen molar-refractivity contribution in [2.24, 2.45) is 23.7 Å². The number of imide groups is 2. The third-order valence-corrected chi connectivity index (χ3v) is 12.1. The molecular weight excluding hydrogens is 711 g/mol. The van der Waals surface area contributed by atoms with Crippen molar-refractivity contribution < 1.29 is 29.0 Å². The van der Waals surface area contributed by atoms with Gasteiger partial charge in [-0.3, -0.25) is 19.2 Å². The first-order valence-corrected chi connectivity index (χ1v) is 17.7. The summed E-state index contributed by atoms with van der Waals surface area (Å²) in [5.41, 5.74) is 1.90. The summed E-state index contributed by atoms with van der Waals surface area (Å²) < 4.78 is 5.53. The molecule has 4 amide bonds. The minimum Gasteiger partial charge on any atom is -0.503 e. The summed E-state index contributed by atoms with van der Waals surface area (Å²) in [6.45, 7) is 1.84. The van der Waals surface area contributed by atoms with E-state index in [2.05, 4.69) is 0 Å². The number of carbonyl (C=O) groups excluding carboxylic acids is 4. The molecule has 11 heteroatoms. The number of rotatable bonds is 5. The highest BCUT2D eigenvalue weighted by Gasteiger charge is 2.70. The predicted octanol–water partition coefficient (Wildman–Crippen LogP) is 8.04. The molecule has 1 N–H and O–H groups in total. The first-order chi connectivity index (χ1) is 24.5. The maximum atomic E-state index is 15.4. The predicted molar refractivity (Wildman–Crippen MR) is 194 cm³/mol. The van der Waals surface area contributed by atoms with Gasteiger partial charge in [-0.2, -0.15) is 0 Å². The SMILES string of the molecule is COc1cc([C@H]2C3=CC[C@@H]4C(=O)N(c5ccc(C)c(Cl)c5)C(=O)[C@@H]4[C@@H]3C[C@H]3C(=O)N(c4cccc(Cl)c4)C(=O)[C@@]23c2ccccc2)cc(Cl)c1O. The molecule has 2 saturated heterocycles. The molecule has 51 heavy (non-hydrogen) atoms. The van der Waals surface area contributed by atoms with Crippen molar-refractivity contribution in [2.45, 2.75) is 31.1 Å². The maximum Gasteiger partial charge on any atom is 0.246 e. The summed E-state index contributed by atoms with van der Waals surface area (Å²) in [4.78, 5) is 61.3. The Morgan fingerprint density at radius 1 is 0.784 bits per heavy atom. The zero-order valence-corrected chi connectivity index (χ0v) is 29.7. The number of phenols is 1. The molecule has 2 aliphatic carbocycles. The van der Waals surface area contributed by atoms with Crippen molar-refractivity contribution in [2.75, 3.05) is 16.9 Å². The molecule has 8 rings (SSSR count). The fourth-order valence-electron chi connectivity index (χ4n) is 9.01. The van der Waals surface area contributed by atoms with Crippen LogP contribution in [0.15, 0.2) is 96.6 Å². The van der Waals surface area contributed by atoms with Crippen LogP contribution in [-0.4, -0.2) is 35.8 Å². The van der Waals surface area contributed by atoms with E-state index in [1.165, 1.54) is 16.9 Å². The average molecular weight is 742 g/mol. The average Bonchev–Trinajstić information content (AvgIpc) is 3.51. The number of benzene rings is 4. The molecule has 4 aromatic carbocycles. The molecule has 8 nitrogen and oxygen atoms in total. The van der Waals surface area contributed by atoms with E-state index in [1.807, 2.05) is 43.3 Å². The van der Waals surface area contributed by atoms with Crippen molar-refractivity contribution >= 4 is 69.8 Å². The number of allylic oxidation sites excluding steroid dienone is 2. The van der Waals surface area contributed by atoms with Crippen LogP contribution in [-0.2, 0) is 24.6 Å². The Kier molecular flexibility index (Phi) is 8.05. The first-order valence-electron chi connectivity index (χ1n) is 16.6. The number of ether oxygens (including phenoxy) is 1. The number of fused-ring (bicyclic) bond motifs is 4. The molecule has 2 heterocycles. The molecule has 1 saturated carbocycles. The highest BCUT2D eigenvalue weighted by molar-refractivity contribution is 6.33. The number of amides is 4. The van der Waals surface area contributed by atoms with Crippen LogP contribution >= 0.6 is 34.8 Å². The van der Waals surface area contributed by atoms with E-state index in [-0.39, 0.29) is 41.2 Å². The zero-order valence-electron chi connectivity index (χ0n) is 27.5. The smallest absolute Gasteiger partial charge is 0.246 e. The molecule has 2 aliphatic heterocycles. The normalized spacial score (nSPS) is 26.9. The molecule has 3 fully saturated rings. The summed E-state index contributed by atoms with van der Waals surface area (Å²) in [6.07, 6.45) is 2.33. The number of aryl methyl sites for hydroxylation is 1. The van der Waals surface area contributed by atoms with Crippen molar-refractivity contribution in [3.63, 3.8) is 0 Å². The van der Waals surface area contributed by atoms with Crippen LogP contribution < -0.4 is 14.5 Å². The Hall–Kier alpha value is -4.63. The van der Waals surface area contributed by atoms with E-state index in [0.29, 0.717) is 32.5 Å². The van der Waals surface area contributed by atoms with Gasteiger partial charge in [0, 0.05) is 16.0 Å². The van der Waals surface area contributed by atoms with E-state index in [4.69, 9.17) is 39.5 Å². The lowest BCUT2D eigenvalue weighted by Gasteiger charge is -2.50. The maximum absolute atomic E-state index is 15.4. The summed E-state index contributed by atoms with van der Waals surface area (Å²) in [6, 6.07) is 24.1. The molecule has 0 unspecified atom stereocenters. The second kappa shape index (κ2) is 12.3. The van der Waals surface area contributed by atoms with Crippen molar-refractivity contribution in [3.05, 3.63) is 128 Å². The van der Waals surface area contributed by atoms with Gasteiger partial charge in [-0.15, -0.1) is 0 Å². The van der Waals surface area contributed by atoms with Gasteiger partial charge in [0.1, 0.15) is 0 Å². The topological polar surface area (TPSA) is 104 Å². The van der Waals surface area contributed by atoms with Gasteiger partial charge < -0.3 is 9.84 Å². The van der Waals surface area contributed by atoms with E-state index in [1.54, 1.807) is 54.6 Å². The van der Waals surface area contributed by atoms with Gasteiger partial charge in [0.2, 0.25) is 23.6 Å². The Morgan fingerprint density at radius 3 is 2.24 bits per heavy atom. The minimum absolute atomic E-state index is 0.00136. The third-order valence-electron chi connectivity index (χ3n) is 11.2. The molecule has 4 aliphatic rings. The number of hydrogen-bond donors (Lipinski definition) is 1. The Bertz CT molecular complexity index is 2210. The van der Waals surface area contributed by atoms with E-state index in [0.717, 1.165) is 11.1 Å². The fourth-order valence-corrected chi connectivity index (χ4v) is 9.59. The van der Waals surface area contributed by atoms with Crippen LogP contribution in [0.3, 0.4) is 0 Å². The summed E-state index contributed by atoms with van der Waals surface area (Å²) >= 11 is 19.5. The van der Waals surface area contributed by atoms with Crippen LogP contribution in [0.25, 0.3) is 0 Å². The number of nitrogens with zero attached hydrogens (tertiary/aromatic N) is 2. The molecule has 6 atom stereocenters. The summed E-state index contributed by atoms with van der Waals surface area (Å²) in [5.74, 6) is -5.65. The van der Waals surface area contributed by atoms with Crippen LogP contribution in [0, 0.1) is 30.6 Å². The zero-order chi connectivity index (χ0) is 35.9. The molecule has 0 aromatic heterocycles. The number of methoxy groups -OCH3 is 1. The van der Waals surface area contributed by atoms with Crippen molar-refractivity contribution in [1.82, 2.24) is 0 Å². The number of halogens is 3. The largest absolute Gasteiger partial charge is 0.503 e. The second-order valence-corrected chi connectivity index (χ2v) is 14.8. The number of anilines is 2. The van der Waals surface area contributed by atoms with Gasteiger partial charge in [0.15, 0.2) is 11.5 Å². The number of aromatic hydroxyl groups is 1. The van der Waals surface area contributed by atoms with Gasteiger partial charge in [0.25, 0.3) is 0 Å². The van der Waals surface area contributed by atoms with Gasteiger partial charge in [-0.1, -0.05) is 88.9 Å². The molecule has 0 bridgehead atoms. The van der Waals surface area contributed by atoms with Crippen LogP contribution in [0.5, 0.6) is 11.5 Å². The summed E-state index contributed by atoms with van der Waals surface area (Å²) in [5, 5.41) is 11.6. The van der Waals surface area contributed by atoms with E-state index >= 15 is 4.79 Å². The first kappa shape index (κ1) is 33.5. The van der Waals surface area contributed by atoms with Crippen molar-refractivity contribution in [1.29, 1.82) is 0 Å². The molecular formula is C40H31Cl3N2O6. The number of hydrogen-bond acceptors (Lipinski definition) is 6. The lowest BCUT2D eigenvalue weighted by Crippen LogP contribution is -2.53. The Balaban J connectivity index is 1.37. The number of carbonyl (C=O) groups is 4. The highest BCUT2D eigenvalue weighted by Crippen LogP contribution is 2.65. The van der Waals surface area contributed by atoms with Gasteiger partial charge in [-0.25, -0.2) is 9.80 Å².